The molecule has 0 radical (unpaired) electrons. The van der Waals surface area contributed by atoms with Gasteiger partial charge in [0, 0.05) is 13.1 Å². The number of methoxy groups -OCH3 is 1. The van der Waals surface area contributed by atoms with Crippen molar-refractivity contribution in [3.63, 3.8) is 0 Å². The summed E-state index contributed by atoms with van der Waals surface area (Å²) >= 11 is 0. The molecule has 23 heavy (non-hydrogen) atoms. The van der Waals surface area contributed by atoms with Crippen molar-refractivity contribution in [1.82, 2.24) is 15.5 Å². The predicted molar refractivity (Wildman–Crippen MR) is 90.5 cm³/mol. The van der Waals surface area contributed by atoms with Gasteiger partial charge < -0.3 is 20.3 Å². The third kappa shape index (κ3) is 8.83. The van der Waals surface area contributed by atoms with E-state index < -0.39 is 0 Å². The number of benzene rings is 1. The minimum atomic E-state index is -0.247. The first-order chi connectivity index (χ1) is 11.0. The Morgan fingerprint density at radius 3 is 2.22 bits per heavy atom. The summed E-state index contributed by atoms with van der Waals surface area (Å²) < 4.78 is 5.09. The zero-order valence-electron chi connectivity index (χ0n) is 14.2. The van der Waals surface area contributed by atoms with Crippen molar-refractivity contribution in [1.29, 1.82) is 0 Å². The number of nitrogens with one attached hydrogen (secondary N) is 2. The number of hydrogen-bond donors (Lipinski definition) is 2. The van der Waals surface area contributed by atoms with Gasteiger partial charge in [-0.05, 0) is 51.2 Å². The molecule has 1 rings (SSSR count). The van der Waals surface area contributed by atoms with Gasteiger partial charge in [-0.1, -0.05) is 12.1 Å². The van der Waals surface area contributed by atoms with E-state index in [9.17, 15) is 9.59 Å². The molecule has 0 bridgehead atoms. The van der Waals surface area contributed by atoms with Crippen LogP contribution in [0.5, 0.6) is 5.75 Å². The first-order valence-corrected chi connectivity index (χ1v) is 7.82. The van der Waals surface area contributed by atoms with Crippen molar-refractivity contribution in [2.24, 2.45) is 0 Å². The molecule has 2 amide bonds. The van der Waals surface area contributed by atoms with E-state index in [-0.39, 0.29) is 18.2 Å². The Balaban J connectivity index is 2.14. The molecule has 1 aromatic rings. The molecule has 6 heteroatoms. The van der Waals surface area contributed by atoms with E-state index in [0.29, 0.717) is 13.1 Å². The average Bonchev–Trinajstić information content (AvgIpc) is 2.52. The summed E-state index contributed by atoms with van der Waals surface area (Å²) in [4.78, 5) is 25.3. The Morgan fingerprint density at radius 1 is 1.04 bits per heavy atom. The van der Waals surface area contributed by atoms with Crippen LogP contribution in [0.4, 0.5) is 0 Å². The highest BCUT2D eigenvalue weighted by Gasteiger charge is 2.08. The number of hydrogen-bond acceptors (Lipinski definition) is 4. The summed E-state index contributed by atoms with van der Waals surface area (Å²) in [6, 6.07) is 7.70. The van der Waals surface area contributed by atoms with Crippen LogP contribution in [0.2, 0.25) is 0 Å². The maximum Gasteiger partial charge on any atom is 0.229 e. The lowest BCUT2D eigenvalue weighted by atomic mass is 10.1. The number of carbonyl (C=O) groups excluding carboxylic acids is 2. The second-order valence-corrected chi connectivity index (χ2v) is 5.63. The Hall–Kier alpha value is -2.08. The van der Waals surface area contributed by atoms with Crippen LogP contribution in [0.25, 0.3) is 0 Å². The molecule has 0 heterocycles. The average molecular weight is 321 g/mol. The van der Waals surface area contributed by atoms with E-state index in [0.717, 1.165) is 30.7 Å². The molecule has 0 saturated carbocycles. The summed E-state index contributed by atoms with van der Waals surface area (Å²) in [5, 5.41) is 5.51. The summed E-state index contributed by atoms with van der Waals surface area (Å²) in [5.74, 6) is 0.332. The second-order valence-electron chi connectivity index (χ2n) is 5.63. The molecule has 0 fully saturated rings. The largest absolute Gasteiger partial charge is 0.497 e. The molecule has 0 aliphatic carbocycles. The molecule has 0 aliphatic rings. The number of nitrogens with zero attached hydrogens (tertiary/aromatic N) is 1. The lowest BCUT2D eigenvalue weighted by Gasteiger charge is -2.10. The lowest BCUT2D eigenvalue weighted by Crippen LogP contribution is -2.33. The van der Waals surface area contributed by atoms with Gasteiger partial charge in [0.1, 0.15) is 12.2 Å². The van der Waals surface area contributed by atoms with Crippen molar-refractivity contribution in [3.05, 3.63) is 29.8 Å². The summed E-state index contributed by atoms with van der Waals surface area (Å²) in [7, 11) is 5.59. The van der Waals surface area contributed by atoms with Gasteiger partial charge in [0.25, 0.3) is 0 Å². The molecule has 0 spiro atoms. The van der Waals surface area contributed by atoms with E-state index in [1.165, 1.54) is 0 Å². The van der Waals surface area contributed by atoms with E-state index in [4.69, 9.17) is 4.74 Å². The van der Waals surface area contributed by atoms with Gasteiger partial charge in [-0.3, -0.25) is 9.59 Å². The summed E-state index contributed by atoms with van der Waals surface area (Å²) in [5.41, 5.74) is 1.11. The van der Waals surface area contributed by atoms with Gasteiger partial charge >= 0.3 is 0 Å². The smallest absolute Gasteiger partial charge is 0.229 e. The first kappa shape index (κ1) is 19.0. The summed E-state index contributed by atoms with van der Waals surface area (Å²) in [6.07, 6.45) is 1.47. The molecule has 1 aromatic carbocycles. The number of amides is 2. The highest BCUT2D eigenvalue weighted by molar-refractivity contribution is 5.96. The number of carbonyl (C=O) groups is 2. The third-order valence-corrected chi connectivity index (χ3v) is 3.32. The van der Waals surface area contributed by atoms with Crippen LogP contribution in [0.3, 0.4) is 0 Å². The van der Waals surface area contributed by atoms with E-state index in [1.54, 1.807) is 7.11 Å². The molecule has 0 unspecified atom stereocenters. The van der Waals surface area contributed by atoms with Crippen molar-refractivity contribution in [2.45, 2.75) is 19.3 Å². The quantitative estimate of drug-likeness (QED) is 0.494. The fraction of sp³-hybridized carbons (Fsp3) is 0.529. The number of rotatable bonds is 10. The first-order valence-electron chi connectivity index (χ1n) is 7.82. The Morgan fingerprint density at radius 2 is 1.65 bits per heavy atom. The second kappa shape index (κ2) is 10.6. The van der Waals surface area contributed by atoms with Gasteiger partial charge in [-0.15, -0.1) is 0 Å². The van der Waals surface area contributed by atoms with E-state index in [2.05, 4.69) is 15.5 Å². The Bertz CT molecular complexity index is 486. The van der Waals surface area contributed by atoms with E-state index in [1.807, 2.05) is 38.4 Å². The normalized spacial score (nSPS) is 10.4. The van der Waals surface area contributed by atoms with Gasteiger partial charge in [-0.25, -0.2) is 0 Å². The highest BCUT2D eigenvalue weighted by atomic mass is 16.5. The van der Waals surface area contributed by atoms with Crippen molar-refractivity contribution in [2.75, 3.05) is 40.8 Å². The van der Waals surface area contributed by atoms with Crippen LogP contribution in [0.1, 0.15) is 18.4 Å². The number of ether oxygens (including phenoxy) is 1. The molecule has 0 saturated heterocycles. The van der Waals surface area contributed by atoms with Crippen LogP contribution >= 0.6 is 0 Å². The van der Waals surface area contributed by atoms with Crippen LogP contribution < -0.4 is 15.4 Å². The summed E-state index contributed by atoms with van der Waals surface area (Å²) in [6.45, 7) is 2.02. The zero-order valence-corrected chi connectivity index (χ0v) is 14.2. The molecule has 0 atom stereocenters. The maximum absolute atomic E-state index is 11.7. The molecular weight excluding hydrogens is 294 g/mol. The molecule has 2 N–H and O–H groups in total. The molecule has 6 nitrogen and oxygen atoms in total. The Kier molecular flexibility index (Phi) is 8.75. The van der Waals surface area contributed by atoms with Gasteiger partial charge in [0.05, 0.1) is 7.11 Å². The molecule has 128 valence electrons. The van der Waals surface area contributed by atoms with Gasteiger partial charge in [-0.2, -0.15) is 0 Å². The third-order valence-electron chi connectivity index (χ3n) is 3.32. The van der Waals surface area contributed by atoms with Crippen LogP contribution in [-0.2, 0) is 16.0 Å². The lowest BCUT2D eigenvalue weighted by molar-refractivity contribution is -0.129. The molecule has 0 aliphatic heterocycles. The minimum Gasteiger partial charge on any atom is -0.497 e. The minimum absolute atomic E-state index is 0.120. The highest BCUT2D eigenvalue weighted by Crippen LogP contribution is 2.11. The SMILES string of the molecule is COc1ccc(CCNC(=O)CC(=O)NCCCN(C)C)cc1. The predicted octanol–water partition coefficient (Wildman–Crippen LogP) is 0.812. The topological polar surface area (TPSA) is 70.7 Å². The van der Waals surface area contributed by atoms with E-state index >= 15 is 0 Å². The van der Waals surface area contributed by atoms with Crippen molar-refractivity contribution >= 4 is 11.8 Å². The fourth-order valence-corrected chi connectivity index (χ4v) is 2.03. The standard InChI is InChI=1S/C17H27N3O3/c1-20(2)12-4-10-18-16(21)13-17(22)19-11-9-14-5-7-15(23-3)8-6-14/h5-8H,4,9-13H2,1-3H3,(H,18,21)(H,19,22). The van der Waals surface area contributed by atoms with Gasteiger partial charge in [0.2, 0.25) is 11.8 Å². The van der Waals surface area contributed by atoms with Crippen LogP contribution in [0.15, 0.2) is 24.3 Å². The van der Waals surface area contributed by atoms with Crippen LogP contribution in [0, 0.1) is 0 Å². The van der Waals surface area contributed by atoms with Crippen molar-refractivity contribution < 1.29 is 14.3 Å². The monoisotopic (exact) mass is 321 g/mol. The molecular formula is C17H27N3O3. The maximum atomic E-state index is 11.7. The Labute approximate surface area is 138 Å². The zero-order chi connectivity index (χ0) is 17.1. The fourth-order valence-electron chi connectivity index (χ4n) is 2.03. The van der Waals surface area contributed by atoms with Crippen molar-refractivity contribution in [3.8, 4) is 5.75 Å². The molecule has 0 aromatic heterocycles. The van der Waals surface area contributed by atoms with Crippen LogP contribution in [-0.4, -0.2) is 57.6 Å². The van der Waals surface area contributed by atoms with Gasteiger partial charge in [0.15, 0.2) is 0 Å².